The van der Waals surface area contributed by atoms with E-state index >= 15 is 0 Å². The van der Waals surface area contributed by atoms with Gasteiger partial charge in [0.15, 0.2) is 0 Å². The molecule has 0 amide bonds. The summed E-state index contributed by atoms with van der Waals surface area (Å²) in [6, 6.07) is 10.3. The summed E-state index contributed by atoms with van der Waals surface area (Å²) in [5, 5.41) is 3.12. The van der Waals surface area contributed by atoms with Crippen LogP contribution in [-0.2, 0) is 29.2 Å². The van der Waals surface area contributed by atoms with Gasteiger partial charge < -0.3 is 4.57 Å². The maximum atomic E-state index is 11.7. The molecule has 0 saturated heterocycles. The molecule has 2 aromatic heterocycles. The maximum absolute atomic E-state index is 11.7. The molecule has 0 radical (unpaired) electrons. The van der Waals surface area contributed by atoms with E-state index in [0.29, 0.717) is 6.54 Å². The summed E-state index contributed by atoms with van der Waals surface area (Å²) in [6.07, 6.45) is 6.17. The Kier molecular flexibility index (Phi) is 4.58. The van der Waals surface area contributed by atoms with Crippen molar-refractivity contribution in [2.45, 2.75) is 24.5 Å². The maximum Gasteiger partial charge on any atom is 0.227 e. The largest absolute Gasteiger partial charge is 0.316 e. The third kappa shape index (κ3) is 4.05. The van der Waals surface area contributed by atoms with E-state index in [0.717, 1.165) is 29.8 Å². The minimum atomic E-state index is -3.32. The molecule has 0 fully saturated rings. The highest BCUT2D eigenvalue weighted by atomic mass is 32.2. The van der Waals surface area contributed by atoms with Crippen molar-refractivity contribution in [3.63, 3.8) is 0 Å². The van der Waals surface area contributed by atoms with Crippen molar-refractivity contribution in [1.82, 2.24) is 14.5 Å². The minimum absolute atomic E-state index is 0.0799. The molecule has 0 bridgehead atoms. The smallest absolute Gasteiger partial charge is 0.227 e. The van der Waals surface area contributed by atoms with E-state index in [1.807, 2.05) is 23.6 Å². The molecule has 0 aliphatic rings. The minimum Gasteiger partial charge on any atom is -0.316 e. The molecular weight excluding hydrogens is 330 g/mol. The monoisotopic (exact) mass is 347 g/mol. The number of thiazole rings is 1. The van der Waals surface area contributed by atoms with Gasteiger partial charge in [-0.2, -0.15) is 0 Å². The van der Waals surface area contributed by atoms with Gasteiger partial charge in [0.2, 0.25) is 15.0 Å². The number of hydrogen-bond donors (Lipinski definition) is 0. The highest BCUT2D eigenvalue weighted by Gasteiger charge is 2.15. The van der Waals surface area contributed by atoms with Gasteiger partial charge in [-0.3, -0.25) is 0 Å². The van der Waals surface area contributed by atoms with Crippen LogP contribution >= 0.6 is 11.3 Å². The Balaban J connectivity index is 1.67. The standard InChI is InChI=1S/C16H17N3O2S2/c1-23(20,21)16-17-9-10-19(16)11-14-12-22-15(18-14)8-7-13-5-3-2-4-6-13/h2-6,9-10,12H,7-8,11H2,1H3. The van der Waals surface area contributed by atoms with Gasteiger partial charge >= 0.3 is 0 Å². The van der Waals surface area contributed by atoms with Crippen molar-refractivity contribution in [1.29, 1.82) is 0 Å². The Labute approximate surface area is 139 Å². The Morgan fingerprint density at radius 3 is 2.70 bits per heavy atom. The number of nitrogens with zero attached hydrogens (tertiary/aromatic N) is 3. The average Bonchev–Trinajstić information content (AvgIpc) is 3.15. The third-order valence-corrected chi connectivity index (χ3v) is 5.37. The number of aryl methyl sites for hydroxylation is 2. The second kappa shape index (κ2) is 6.64. The van der Waals surface area contributed by atoms with E-state index < -0.39 is 9.84 Å². The van der Waals surface area contributed by atoms with Crippen molar-refractivity contribution in [2.24, 2.45) is 0 Å². The lowest BCUT2D eigenvalue weighted by atomic mass is 10.1. The van der Waals surface area contributed by atoms with E-state index in [1.54, 1.807) is 22.1 Å². The number of rotatable bonds is 6. The lowest BCUT2D eigenvalue weighted by Crippen LogP contribution is -2.10. The summed E-state index contributed by atoms with van der Waals surface area (Å²) >= 11 is 1.61. The molecular formula is C16H17N3O2S2. The average molecular weight is 347 g/mol. The van der Waals surface area contributed by atoms with Gasteiger partial charge in [0.25, 0.3) is 0 Å². The normalized spacial score (nSPS) is 11.7. The lowest BCUT2D eigenvalue weighted by Gasteiger charge is -2.03. The molecule has 7 heteroatoms. The molecule has 0 aliphatic heterocycles. The van der Waals surface area contributed by atoms with E-state index in [1.165, 1.54) is 11.8 Å². The fraction of sp³-hybridized carbons (Fsp3) is 0.250. The first-order chi connectivity index (χ1) is 11.0. The van der Waals surface area contributed by atoms with E-state index in [2.05, 4.69) is 22.1 Å². The van der Waals surface area contributed by atoms with Crippen molar-refractivity contribution >= 4 is 21.2 Å². The van der Waals surface area contributed by atoms with Crippen LogP contribution in [0.25, 0.3) is 0 Å². The summed E-state index contributed by atoms with van der Waals surface area (Å²) in [5.74, 6) is 0. The van der Waals surface area contributed by atoms with Crippen molar-refractivity contribution < 1.29 is 8.42 Å². The second-order valence-corrected chi connectivity index (χ2v) is 8.18. The lowest BCUT2D eigenvalue weighted by molar-refractivity contribution is 0.577. The number of benzene rings is 1. The third-order valence-electron chi connectivity index (χ3n) is 3.41. The Morgan fingerprint density at radius 1 is 1.17 bits per heavy atom. The molecule has 23 heavy (non-hydrogen) atoms. The van der Waals surface area contributed by atoms with Gasteiger partial charge in [0.1, 0.15) is 0 Å². The Morgan fingerprint density at radius 2 is 1.96 bits per heavy atom. The first-order valence-corrected chi connectivity index (χ1v) is 9.98. The highest BCUT2D eigenvalue weighted by Crippen LogP contribution is 2.16. The van der Waals surface area contributed by atoms with Crippen LogP contribution in [0.5, 0.6) is 0 Å². The van der Waals surface area contributed by atoms with Crippen LogP contribution in [0.2, 0.25) is 0 Å². The van der Waals surface area contributed by atoms with Crippen molar-refractivity contribution in [3.05, 3.63) is 64.4 Å². The van der Waals surface area contributed by atoms with Gasteiger partial charge in [-0.25, -0.2) is 18.4 Å². The van der Waals surface area contributed by atoms with Gasteiger partial charge in [-0.15, -0.1) is 11.3 Å². The molecule has 1 aromatic carbocycles. The molecule has 0 unspecified atom stereocenters. The van der Waals surface area contributed by atoms with E-state index in [9.17, 15) is 8.42 Å². The molecule has 0 saturated carbocycles. The van der Waals surface area contributed by atoms with Crippen LogP contribution in [0.15, 0.2) is 53.3 Å². The number of imidazole rings is 1. The highest BCUT2D eigenvalue weighted by molar-refractivity contribution is 7.90. The zero-order valence-electron chi connectivity index (χ0n) is 12.7. The molecule has 0 atom stereocenters. The van der Waals surface area contributed by atoms with Crippen LogP contribution in [0, 0.1) is 0 Å². The molecule has 0 spiro atoms. The van der Waals surface area contributed by atoms with Crippen molar-refractivity contribution in [3.8, 4) is 0 Å². The topological polar surface area (TPSA) is 64.8 Å². The predicted molar refractivity (Wildman–Crippen MR) is 90.4 cm³/mol. The van der Waals surface area contributed by atoms with E-state index in [4.69, 9.17) is 0 Å². The molecule has 3 rings (SSSR count). The van der Waals surface area contributed by atoms with Gasteiger partial charge in [0, 0.05) is 30.5 Å². The van der Waals surface area contributed by atoms with Gasteiger partial charge in [-0.05, 0) is 12.0 Å². The summed E-state index contributed by atoms with van der Waals surface area (Å²) in [7, 11) is -3.32. The summed E-state index contributed by atoms with van der Waals surface area (Å²) in [6.45, 7) is 0.421. The molecule has 120 valence electrons. The second-order valence-electron chi connectivity index (χ2n) is 5.33. The Bertz CT molecular complexity index is 883. The molecule has 5 nitrogen and oxygen atoms in total. The zero-order valence-corrected chi connectivity index (χ0v) is 14.3. The Hall–Kier alpha value is -1.99. The van der Waals surface area contributed by atoms with Crippen LogP contribution in [0.4, 0.5) is 0 Å². The van der Waals surface area contributed by atoms with E-state index in [-0.39, 0.29) is 5.16 Å². The van der Waals surface area contributed by atoms with Crippen LogP contribution in [-0.4, -0.2) is 29.2 Å². The molecule has 0 aliphatic carbocycles. The van der Waals surface area contributed by atoms with Gasteiger partial charge in [-0.1, -0.05) is 30.3 Å². The number of hydrogen-bond acceptors (Lipinski definition) is 5. The molecule has 0 N–H and O–H groups in total. The fourth-order valence-electron chi connectivity index (χ4n) is 2.35. The van der Waals surface area contributed by atoms with Crippen LogP contribution < -0.4 is 0 Å². The van der Waals surface area contributed by atoms with Crippen molar-refractivity contribution in [2.75, 3.05) is 6.26 Å². The number of aromatic nitrogens is 3. The number of sulfone groups is 1. The zero-order chi connectivity index (χ0) is 16.3. The molecule has 3 aromatic rings. The fourth-order valence-corrected chi connectivity index (χ4v) is 3.94. The van der Waals surface area contributed by atoms with Crippen LogP contribution in [0.3, 0.4) is 0 Å². The first kappa shape index (κ1) is 15.9. The quantitative estimate of drug-likeness (QED) is 0.687. The first-order valence-electron chi connectivity index (χ1n) is 7.21. The predicted octanol–water partition coefficient (Wildman–Crippen LogP) is 2.58. The molecule has 2 heterocycles. The summed E-state index contributed by atoms with van der Waals surface area (Å²) < 4.78 is 25.0. The SMILES string of the molecule is CS(=O)(=O)c1nccn1Cc1csc(CCc2ccccc2)n1. The van der Waals surface area contributed by atoms with Crippen LogP contribution in [0.1, 0.15) is 16.3 Å². The van der Waals surface area contributed by atoms with Gasteiger partial charge in [0.05, 0.1) is 17.2 Å². The summed E-state index contributed by atoms with van der Waals surface area (Å²) in [4.78, 5) is 8.52. The summed E-state index contributed by atoms with van der Waals surface area (Å²) in [5.41, 5.74) is 2.15.